The summed E-state index contributed by atoms with van der Waals surface area (Å²) in [5.74, 6) is 0. The minimum atomic E-state index is -0.175. The van der Waals surface area contributed by atoms with Crippen molar-refractivity contribution in [3.8, 4) is 22.5 Å². The van der Waals surface area contributed by atoms with Gasteiger partial charge in [0.15, 0.2) is 0 Å². The summed E-state index contributed by atoms with van der Waals surface area (Å²) in [5.41, 5.74) is 8.66. The monoisotopic (exact) mass is 570 g/mol. The molecule has 8 heteroatoms. The molecule has 4 N–H and O–H groups in total. The van der Waals surface area contributed by atoms with Crippen LogP contribution in [0.25, 0.3) is 22.5 Å². The predicted octanol–water partition coefficient (Wildman–Crippen LogP) is 6.11. The highest BCUT2D eigenvalue weighted by Crippen LogP contribution is 2.36. The van der Waals surface area contributed by atoms with Crippen LogP contribution in [0.3, 0.4) is 0 Å². The zero-order valence-corrected chi connectivity index (χ0v) is 23.9. The van der Waals surface area contributed by atoms with E-state index < -0.39 is 0 Å². The van der Waals surface area contributed by atoms with E-state index in [0.29, 0.717) is 36.0 Å². The van der Waals surface area contributed by atoms with E-state index in [-0.39, 0.29) is 26.4 Å². The zero-order chi connectivity index (χ0) is 28.1. The number of aromatic nitrogens is 2. The fraction of sp³-hybridized carbons (Fsp3) is 0.355. The molecule has 0 aliphatic carbocycles. The van der Waals surface area contributed by atoms with E-state index in [1.807, 2.05) is 48.5 Å². The summed E-state index contributed by atoms with van der Waals surface area (Å²) in [6, 6.07) is 15.1. The van der Waals surface area contributed by atoms with Crippen LogP contribution in [0.1, 0.15) is 53.9 Å². The van der Waals surface area contributed by atoms with E-state index in [4.69, 9.17) is 23.2 Å². The maximum atomic E-state index is 10.3. The SMILES string of the molecule is CCc1c(CO)c(CO)c(-c2ccc(Cl)cc2)n1CCCn1c(CC)c(CO)c(CO)c1-c1ccc(Cl)cc1. The van der Waals surface area contributed by atoms with Crippen molar-refractivity contribution in [1.82, 2.24) is 9.13 Å². The van der Waals surface area contributed by atoms with Crippen LogP contribution in [-0.2, 0) is 52.4 Å². The average Bonchev–Trinajstić information content (AvgIpc) is 3.44. The van der Waals surface area contributed by atoms with Crippen LogP contribution in [0, 0.1) is 0 Å². The van der Waals surface area contributed by atoms with Crippen molar-refractivity contribution in [3.63, 3.8) is 0 Å². The molecule has 2 heterocycles. The van der Waals surface area contributed by atoms with Crippen LogP contribution in [0.5, 0.6) is 0 Å². The lowest BCUT2D eigenvalue weighted by Gasteiger charge is -2.18. The second-order valence-electron chi connectivity index (χ2n) is 9.51. The quantitative estimate of drug-likeness (QED) is 0.165. The van der Waals surface area contributed by atoms with Crippen LogP contribution in [0.15, 0.2) is 48.5 Å². The van der Waals surface area contributed by atoms with Crippen LogP contribution in [-0.4, -0.2) is 29.6 Å². The van der Waals surface area contributed by atoms with Gasteiger partial charge in [-0.1, -0.05) is 61.3 Å². The Balaban J connectivity index is 1.77. The van der Waals surface area contributed by atoms with Crippen molar-refractivity contribution in [2.45, 2.75) is 72.6 Å². The average molecular weight is 572 g/mol. The normalized spacial score (nSPS) is 11.5. The second kappa shape index (κ2) is 13.2. The summed E-state index contributed by atoms with van der Waals surface area (Å²) in [6.45, 7) is 4.77. The lowest BCUT2D eigenvalue weighted by Crippen LogP contribution is -2.11. The van der Waals surface area contributed by atoms with Crippen LogP contribution < -0.4 is 0 Å². The van der Waals surface area contributed by atoms with Crippen molar-refractivity contribution in [3.05, 3.63) is 92.2 Å². The van der Waals surface area contributed by atoms with Gasteiger partial charge in [0.1, 0.15) is 0 Å². The lowest BCUT2D eigenvalue weighted by atomic mass is 10.0. The van der Waals surface area contributed by atoms with Gasteiger partial charge in [0.05, 0.1) is 37.8 Å². The third-order valence-corrected chi connectivity index (χ3v) is 7.99. The van der Waals surface area contributed by atoms with Crippen molar-refractivity contribution in [2.24, 2.45) is 0 Å². The molecule has 0 fully saturated rings. The molecule has 208 valence electrons. The highest BCUT2D eigenvalue weighted by Gasteiger charge is 2.24. The van der Waals surface area contributed by atoms with Gasteiger partial charge < -0.3 is 29.6 Å². The fourth-order valence-corrected chi connectivity index (χ4v) is 6.09. The van der Waals surface area contributed by atoms with Crippen LogP contribution >= 0.6 is 23.2 Å². The van der Waals surface area contributed by atoms with Gasteiger partial charge in [-0.15, -0.1) is 0 Å². The third-order valence-electron chi connectivity index (χ3n) is 7.49. The third kappa shape index (κ3) is 5.68. The standard InChI is InChI=1S/C31H36Cl2N2O4/c1-3-28-24(16-36)26(18-38)30(20-6-10-22(32)11-7-20)34(28)14-5-15-35-29(4-2)25(17-37)27(19-39)31(35)21-8-12-23(33)13-9-21/h6-13,36-39H,3-5,14-19H2,1-2H3. The molecule has 0 atom stereocenters. The Kier molecular flexibility index (Phi) is 9.94. The van der Waals surface area contributed by atoms with Gasteiger partial charge in [0, 0.05) is 56.8 Å². The number of halogens is 2. The lowest BCUT2D eigenvalue weighted by molar-refractivity contribution is 0.260. The molecule has 0 bridgehead atoms. The first-order chi connectivity index (χ1) is 18.9. The highest BCUT2D eigenvalue weighted by molar-refractivity contribution is 6.30. The van der Waals surface area contributed by atoms with Gasteiger partial charge in [-0.3, -0.25) is 0 Å². The van der Waals surface area contributed by atoms with E-state index in [0.717, 1.165) is 62.6 Å². The molecular weight excluding hydrogens is 535 g/mol. The van der Waals surface area contributed by atoms with Crippen molar-refractivity contribution in [2.75, 3.05) is 0 Å². The first-order valence-corrected chi connectivity index (χ1v) is 14.1. The van der Waals surface area contributed by atoms with E-state index in [1.54, 1.807) is 0 Å². The molecule has 0 aliphatic rings. The summed E-state index contributed by atoms with van der Waals surface area (Å²) in [6.07, 6.45) is 2.16. The van der Waals surface area contributed by atoms with E-state index in [9.17, 15) is 20.4 Å². The van der Waals surface area contributed by atoms with Crippen molar-refractivity contribution in [1.29, 1.82) is 0 Å². The maximum absolute atomic E-state index is 10.3. The van der Waals surface area contributed by atoms with E-state index in [1.165, 1.54) is 0 Å². The molecule has 0 radical (unpaired) electrons. The summed E-state index contributed by atoms with van der Waals surface area (Å²) in [5, 5.41) is 42.3. The van der Waals surface area contributed by atoms with Crippen LogP contribution in [0.2, 0.25) is 10.0 Å². The molecule has 4 rings (SSSR count). The molecule has 2 aromatic heterocycles. The molecule has 4 aromatic rings. The topological polar surface area (TPSA) is 90.8 Å². The molecular formula is C31H36Cl2N2O4. The highest BCUT2D eigenvalue weighted by atomic mass is 35.5. The Hall–Kier alpha value is -2.58. The Morgan fingerprint density at radius 3 is 1.15 bits per heavy atom. The van der Waals surface area contributed by atoms with E-state index >= 15 is 0 Å². The Bertz CT molecular complexity index is 1300. The zero-order valence-electron chi connectivity index (χ0n) is 22.4. The first kappa shape index (κ1) is 29.4. The molecule has 0 spiro atoms. The Morgan fingerprint density at radius 2 is 0.872 bits per heavy atom. The summed E-state index contributed by atoms with van der Waals surface area (Å²) in [4.78, 5) is 0. The number of aliphatic hydroxyl groups is 4. The maximum Gasteiger partial charge on any atom is 0.0706 e. The summed E-state index contributed by atoms with van der Waals surface area (Å²) >= 11 is 12.3. The smallest absolute Gasteiger partial charge is 0.0706 e. The predicted molar refractivity (Wildman–Crippen MR) is 157 cm³/mol. The number of rotatable bonds is 12. The Labute approximate surface area is 239 Å². The van der Waals surface area contributed by atoms with Gasteiger partial charge in [0.25, 0.3) is 0 Å². The van der Waals surface area contributed by atoms with Crippen molar-refractivity contribution < 1.29 is 20.4 Å². The van der Waals surface area contributed by atoms with Crippen molar-refractivity contribution >= 4 is 23.2 Å². The molecule has 39 heavy (non-hydrogen) atoms. The molecule has 2 aromatic carbocycles. The number of hydrogen-bond donors (Lipinski definition) is 4. The van der Waals surface area contributed by atoms with Gasteiger partial charge in [-0.2, -0.15) is 0 Å². The second-order valence-corrected chi connectivity index (χ2v) is 10.4. The van der Waals surface area contributed by atoms with Gasteiger partial charge >= 0.3 is 0 Å². The number of hydrogen-bond acceptors (Lipinski definition) is 4. The summed E-state index contributed by atoms with van der Waals surface area (Å²) < 4.78 is 4.41. The molecule has 6 nitrogen and oxygen atoms in total. The minimum absolute atomic E-state index is 0.148. The number of aliphatic hydroxyl groups excluding tert-OH is 4. The molecule has 0 saturated heterocycles. The largest absolute Gasteiger partial charge is 0.392 e. The number of nitrogens with zero attached hydrogens (tertiary/aromatic N) is 2. The summed E-state index contributed by atoms with van der Waals surface area (Å²) in [7, 11) is 0. The van der Waals surface area contributed by atoms with Crippen LogP contribution in [0.4, 0.5) is 0 Å². The Morgan fingerprint density at radius 1 is 0.538 bits per heavy atom. The van der Waals surface area contributed by atoms with Gasteiger partial charge in [-0.25, -0.2) is 0 Å². The molecule has 0 aliphatic heterocycles. The van der Waals surface area contributed by atoms with Gasteiger partial charge in [-0.05, 0) is 54.7 Å². The number of benzene rings is 2. The molecule has 0 saturated carbocycles. The minimum Gasteiger partial charge on any atom is -0.392 e. The molecule has 0 unspecified atom stereocenters. The fourth-order valence-electron chi connectivity index (χ4n) is 5.83. The first-order valence-electron chi connectivity index (χ1n) is 13.3. The molecule has 0 amide bonds. The van der Waals surface area contributed by atoms with Gasteiger partial charge in [0.2, 0.25) is 0 Å². The van der Waals surface area contributed by atoms with E-state index in [2.05, 4.69) is 23.0 Å².